The molecular formula is C23H23FN4O4. The van der Waals surface area contributed by atoms with E-state index in [4.69, 9.17) is 10.00 Å². The lowest BCUT2D eigenvalue weighted by molar-refractivity contribution is 0.0526. The Morgan fingerprint density at radius 2 is 2.25 bits per heavy atom. The summed E-state index contributed by atoms with van der Waals surface area (Å²) < 4.78 is 19.8. The lowest BCUT2D eigenvalue weighted by Crippen LogP contribution is -2.53. The molecule has 2 aromatic rings. The summed E-state index contributed by atoms with van der Waals surface area (Å²) in [5, 5.41) is 22.2. The van der Waals surface area contributed by atoms with Crippen molar-refractivity contribution in [2.75, 3.05) is 19.6 Å². The van der Waals surface area contributed by atoms with Crippen molar-refractivity contribution >= 4 is 11.9 Å². The number of carbonyl (C=O) groups is 2. The number of hydrogen-bond acceptors (Lipinski definition) is 7. The molecule has 0 spiro atoms. The summed E-state index contributed by atoms with van der Waals surface area (Å²) in [5.41, 5.74) is 3.29. The van der Waals surface area contributed by atoms with Crippen LogP contribution in [0.3, 0.4) is 0 Å². The Morgan fingerprint density at radius 3 is 2.94 bits per heavy atom. The molecule has 0 aliphatic carbocycles. The fourth-order valence-corrected chi connectivity index (χ4v) is 4.20. The van der Waals surface area contributed by atoms with Crippen LogP contribution in [-0.2, 0) is 11.3 Å². The smallest absolute Gasteiger partial charge is 0.338 e. The number of alkyl halides is 1. The number of cyclic esters (lactones) is 1. The molecule has 8 nitrogen and oxygen atoms in total. The summed E-state index contributed by atoms with van der Waals surface area (Å²) in [6, 6.07) is 7.58. The Kier molecular flexibility index (Phi) is 6.17. The van der Waals surface area contributed by atoms with Crippen LogP contribution in [0.25, 0.3) is 0 Å². The number of amides is 1. The topological polar surface area (TPSA) is 116 Å². The van der Waals surface area contributed by atoms with E-state index < -0.39 is 24.2 Å². The monoisotopic (exact) mass is 438 g/mol. The number of esters is 1. The predicted octanol–water partition coefficient (Wildman–Crippen LogP) is 1.81. The van der Waals surface area contributed by atoms with Crippen molar-refractivity contribution in [1.29, 1.82) is 5.26 Å². The molecule has 3 heterocycles. The van der Waals surface area contributed by atoms with E-state index in [0.717, 1.165) is 11.1 Å². The van der Waals surface area contributed by atoms with Gasteiger partial charge in [-0.05, 0) is 42.7 Å². The highest BCUT2D eigenvalue weighted by Crippen LogP contribution is 2.30. The molecule has 1 amide bonds. The van der Waals surface area contributed by atoms with Crippen LogP contribution < -0.4 is 5.32 Å². The second-order valence-electron chi connectivity index (χ2n) is 8.09. The van der Waals surface area contributed by atoms with E-state index in [1.807, 2.05) is 17.9 Å². The van der Waals surface area contributed by atoms with Crippen LogP contribution in [0.1, 0.15) is 55.6 Å². The molecule has 2 N–H and O–H groups in total. The standard InChI is InChI=1S/C23H23FN4O4/c1-13-15(3-4-16-17(13)12-32-23(16)31)21(29)11-28-7-6-19(18(24)10-28)27-22(30)20-5-2-14(8-25)9-26-20/h2-5,9,18-19,21,29H,6-7,10-12H2,1H3,(H,27,30)/t18-,19-,21+/m1/s1. The Labute approximate surface area is 184 Å². The first kappa shape index (κ1) is 21.9. The number of nitrogens with zero attached hydrogens (tertiary/aromatic N) is 3. The van der Waals surface area contributed by atoms with Crippen molar-refractivity contribution in [3.8, 4) is 6.07 Å². The number of β-amino-alcohol motifs (C(OH)–C–C–N with tert-alkyl or cyclic N) is 1. The van der Waals surface area contributed by atoms with E-state index in [1.165, 1.54) is 18.3 Å². The second kappa shape index (κ2) is 9.02. The Bertz CT molecular complexity index is 1080. The average Bonchev–Trinajstić information content (AvgIpc) is 3.17. The minimum absolute atomic E-state index is 0.0778. The molecule has 1 saturated heterocycles. The van der Waals surface area contributed by atoms with Crippen LogP contribution in [0.2, 0.25) is 0 Å². The number of aliphatic hydroxyl groups is 1. The molecule has 4 rings (SSSR count). The molecule has 3 atom stereocenters. The van der Waals surface area contributed by atoms with Crippen LogP contribution in [0.4, 0.5) is 4.39 Å². The zero-order valence-corrected chi connectivity index (χ0v) is 17.5. The number of fused-ring (bicyclic) bond motifs is 1. The number of pyridine rings is 1. The van der Waals surface area contributed by atoms with Crippen molar-refractivity contribution in [2.45, 2.75) is 38.3 Å². The highest BCUT2D eigenvalue weighted by molar-refractivity contribution is 5.94. The van der Waals surface area contributed by atoms with Gasteiger partial charge in [0, 0.05) is 31.4 Å². The van der Waals surface area contributed by atoms with Gasteiger partial charge in [-0.2, -0.15) is 5.26 Å². The number of nitrogens with one attached hydrogen (secondary N) is 1. The summed E-state index contributed by atoms with van der Waals surface area (Å²) in [5.74, 6) is -0.842. The summed E-state index contributed by atoms with van der Waals surface area (Å²) >= 11 is 0. The van der Waals surface area contributed by atoms with Gasteiger partial charge in [-0.25, -0.2) is 14.2 Å². The lowest BCUT2D eigenvalue weighted by Gasteiger charge is -2.36. The van der Waals surface area contributed by atoms with Gasteiger partial charge in [0.1, 0.15) is 24.5 Å². The predicted molar refractivity (Wildman–Crippen MR) is 111 cm³/mol. The number of hydrogen-bond donors (Lipinski definition) is 2. The van der Waals surface area contributed by atoms with Crippen molar-refractivity contribution in [1.82, 2.24) is 15.2 Å². The SMILES string of the molecule is Cc1c([C@@H](O)CN2CC[C@@H](NC(=O)c3ccc(C#N)cn3)[C@H](F)C2)ccc2c1COC2=O. The van der Waals surface area contributed by atoms with E-state index in [9.17, 15) is 19.1 Å². The summed E-state index contributed by atoms with van der Waals surface area (Å²) in [6.45, 7) is 2.87. The molecular weight excluding hydrogens is 415 g/mol. The number of ether oxygens (including phenoxy) is 1. The molecule has 1 aromatic heterocycles. The summed E-state index contributed by atoms with van der Waals surface area (Å²) in [6.07, 6.45) is -0.446. The number of rotatable bonds is 5. The van der Waals surface area contributed by atoms with E-state index in [-0.39, 0.29) is 31.4 Å². The van der Waals surface area contributed by atoms with Gasteiger partial charge < -0.3 is 15.2 Å². The number of likely N-dealkylation sites (tertiary alicyclic amines) is 1. The van der Waals surface area contributed by atoms with Gasteiger partial charge in [0.2, 0.25) is 0 Å². The van der Waals surface area contributed by atoms with Gasteiger partial charge >= 0.3 is 5.97 Å². The Morgan fingerprint density at radius 1 is 1.44 bits per heavy atom. The van der Waals surface area contributed by atoms with Crippen LogP contribution in [0, 0.1) is 18.3 Å². The minimum Gasteiger partial charge on any atom is -0.457 e. The third-order valence-corrected chi connectivity index (χ3v) is 6.07. The fraction of sp³-hybridized carbons (Fsp3) is 0.391. The minimum atomic E-state index is -1.30. The van der Waals surface area contributed by atoms with Crippen molar-refractivity contribution < 1.29 is 23.8 Å². The maximum Gasteiger partial charge on any atom is 0.338 e. The van der Waals surface area contributed by atoms with Crippen LogP contribution in [-0.4, -0.2) is 58.7 Å². The molecule has 2 aliphatic heterocycles. The molecule has 9 heteroatoms. The number of carbonyl (C=O) groups excluding carboxylic acids is 2. The van der Waals surface area contributed by atoms with Crippen LogP contribution in [0.5, 0.6) is 0 Å². The molecule has 32 heavy (non-hydrogen) atoms. The van der Waals surface area contributed by atoms with E-state index in [2.05, 4.69) is 10.3 Å². The molecule has 0 unspecified atom stereocenters. The summed E-state index contributed by atoms with van der Waals surface area (Å²) in [7, 11) is 0. The Hall–Kier alpha value is -3.35. The highest BCUT2D eigenvalue weighted by Gasteiger charge is 2.32. The first-order valence-electron chi connectivity index (χ1n) is 10.4. The van der Waals surface area contributed by atoms with Gasteiger partial charge in [0.05, 0.1) is 23.3 Å². The number of piperidine rings is 1. The van der Waals surface area contributed by atoms with Gasteiger partial charge in [0.15, 0.2) is 0 Å². The molecule has 2 aliphatic rings. The second-order valence-corrected chi connectivity index (χ2v) is 8.09. The van der Waals surface area contributed by atoms with E-state index in [1.54, 1.807) is 12.1 Å². The molecule has 166 valence electrons. The quantitative estimate of drug-likeness (QED) is 0.684. The maximum atomic E-state index is 14.8. The van der Waals surface area contributed by atoms with Crippen LogP contribution in [0.15, 0.2) is 30.5 Å². The molecule has 0 radical (unpaired) electrons. The van der Waals surface area contributed by atoms with Crippen molar-refractivity contribution in [2.24, 2.45) is 0 Å². The summed E-state index contributed by atoms with van der Waals surface area (Å²) in [4.78, 5) is 29.8. The number of aromatic nitrogens is 1. The highest BCUT2D eigenvalue weighted by atomic mass is 19.1. The van der Waals surface area contributed by atoms with E-state index in [0.29, 0.717) is 29.7 Å². The normalized spacial score (nSPS) is 21.4. The number of aliphatic hydroxyl groups excluding tert-OH is 1. The zero-order chi connectivity index (χ0) is 22.8. The zero-order valence-electron chi connectivity index (χ0n) is 17.5. The lowest BCUT2D eigenvalue weighted by atomic mass is 9.94. The van der Waals surface area contributed by atoms with Gasteiger partial charge in [-0.1, -0.05) is 6.07 Å². The van der Waals surface area contributed by atoms with Gasteiger partial charge in [-0.15, -0.1) is 0 Å². The third-order valence-electron chi connectivity index (χ3n) is 6.07. The number of benzene rings is 1. The van der Waals surface area contributed by atoms with Crippen molar-refractivity contribution in [3.63, 3.8) is 0 Å². The Balaban J connectivity index is 1.34. The van der Waals surface area contributed by atoms with Gasteiger partial charge in [0.25, 0.3) is 5.91 Å². The number of nitriles is 1. The molecule has 0 bridgehead atoms. The maximum absolute atomic E-state index is 14.8. The molecule has 1 fully saturated rings. The fourth-order valence-electron chi connectivity index (χ4n) is 4.20. The van der Waals surface area contributed by atoms with Gasteiger partial charge in [-0.3, -0.25) is 9.69 Å². The largest absolute Gasteiger partial charge is 0.457 e. The molecule has 0 saturated carbocycles. The first-order valence-corrected chi connectivity index (χ1v) is 10.4. The molecule has 1 aromatic carbocycles. The van der Waals surface area contributed by atoms with Crippen LogP contribution >= 0.6 is 0 Å². The first-order chi connectivity index (χ1) is 15.4. The van der Waals surface area contributed by atoms with E-state index >= 15 is 0 Å². The third kappa shape index (κ3) is 4.33. The number of halogens is 1. The average molecular weight is 438 g/mol. The van der Waals surface area contributed by atoms with Crippen molar-refractivity contribution in [3.05, 3.63) is 64.0 Å².